The molecule has 2 rings (SSSR count). The second kappa shape index (κ2) is 4.05. The Morgan fingerprint density at radius 2 is 2.31 bits per heavy atom. The molecule has 0 radical (unpaired) electrons. The highest BCUT2D eigenvalue weighted by molar-refractivity contribution is 7.15. The zero-order chi connectivity index (χ0) is 11.7. The predicted molar refractivity (Wildman–Crippen MR) is 60.4 cm³/mol. The first-order valence-corrected chi connectivity index (χ1v) is 5.49. The molecule has 0 spiro atoms. The summed E-state index contributed by atoms with van der Waals surface area (Å²) >= 11 is 1.44. The fourth-order valence-electron chi connectivity index (χ4n) is 1.32. The van der Waals surface area contributed by atoms with Crippen LogP contribution in [-0.2, 0) is 11.8 Å². The van der Waals surface area contributed by atoms with Crippen LogP contribution in [0.25, 0.3) is 10.7 Å². The number of nitrogens with zero attached hydrogens (tertiary/aromatic N) is 3. The predicted octanol–water partition coefficient (Wildman–Crippen LogP) is 1.64. The Labute approximate surface area is 96.7 Å². The molecule has 6 heteroatoms. The number of rotatable bonds is 2. The first kappa shape index (κ1) is 10.8. The number of thiazole rings is 1. The normalized spacial score (nSPS) is 10.4. The van der Waals surface area contributed by atoms with Crippen molar-refractivity contribution in [1.82, 2.24) is 14.8 Å². The lowest BCUT2D eigenvalue weighted by atomic mass is 10.4. The van der Waals surface area contributed by atoms with Crippen molar-refractivity contribution >= 4 is 17.3 Å². The summed E-state index contributed by atoms with van der Waals surface area (Å²) in [6.07, 6.45) is 1.84. The number of ether oxygens (including phenoxy) is 1. The van der Waals surface area contributed by atoms with Crippen molar-refractivity contribution in [3.05, 3.63) is 22.8 Å². The van der Waals surface area contributed by atoms with Gasteiger partial charge in [-0.05, 0) is 13.0 Å². The molecule has 0 aliphatic rings. The molecule has 0 unspecified atom stereocenters. The molecular formula is C10H11N3O2S. The van der Waals surface area contributed by atoms with Crippen LogP contribution in [0.3, 0.4) is 0 Å². The van der Waals surface area contributed by atoms with E-state index in [0.29, 0.717) is 5.69 Å². The molecule has 0 saturated carbocycles. The van der Waals surface area contributed by atoms with Gasteiger partial charge in [-0.3, -0.25) is 4.68 Å². The van der Waals surface area contributed by atoms with Crippen LogP contribution in [0.1, 0.15) is 15.4 Å². The van der Waals surface area contributed by atoms with Gasteiger partial charge in [-0.15, -0.1) is 11.3 Å². The Hall–Kier alpha value is -1.69. The summed E-state index contributed by atoms with van der Waals surface area (Å²) in [6, 6.07) is 1.86. The molecule has 0 aliphatic heterocycles. The van der Waals surface area contributed by atoms with Gasteiger partial charge in [0.2, 0.25) is 0 Å². The number of carbonyl (C=O) groups is 1. The van der Waals surface area contributed by atoms with Gasteiger partial charge >= 0.3 is 5.97 Å². The van der Waals surface area contributed by atoms with Crippen LogP contribution in [0.15, 0.2) is 12.3 Å². The maximum Gasteiger partial charge on any atom is 0.357 e. The molecule has 2 aromatic rings. The van der Waals surface area contributed by atoms with Gasteiger partial charge < -0.3 is 4.74 Å². The minimum atomic E-state index is -0.407. The number of carbonyl (C=O) groups excluding carboxylic acids is 1. The van der Waals surface area contributed by atoms with Crippen LogP contribution in [0.2, 0.25) is 0 Å². The molecular weight excluding hydrogens is 226 g/mol. The molecule has 0 amide bonds. The van der Waals surface area contributed by atoms with E-state index < -0.39 is 5.97 Å². The fraction of sp³-hybridized carbons (Fsp3) is 0.300. The van der Waals surface area contributed by atoms with Crippen LogP contribution in [0.5, 0.6) is 0 Å². The average molecular weight is 237 g/mol. The minimum absolute atomic E-state index is 0.369. The Morgan fingerprint density at radius 1 is 1.56 bits per heavy atom. The number of aryl methyl sites for hydroxylation is 2. The third kappa shape index (κ3) is 1.83. The summed E-state index contributed by atoms with van der Waals surface area (Å²) in [5.74, 6) is -0.407. The minimum Gasteiger partial charge on any atom is -0.464 e. The van der Waals surface area contributed by atoms with Gasteiger partial charge in [-0.1, -0.05) is 0 Å². The Morgan fingerprint density at radius 3 is 2.88 bits per heavy atom. The van der Waals surface area contributed by atoms with Crippen LogP contribution in [0.4, 0.5) is 0 Å². The molecule has 0 saturated heterocycles. The van der Waals surface area contributed by atoms with Gasteiger partial charge in [0.15, 0.2) is 5.69 Å². The lowest BCUT2D eigenvalue weighted by molar-refractivity contribution is 0.0594. The Kier molecular flexibility index (Phi) is 2.74. The van der Waals surface area contributed by atoms with Crippen molar-refractivity contribution in [1.29, 1.82) is 0 Å². The molecule has 16 heavy (non-hydrogen) atoms. The van der Waals surface area contributed by atoms with E-state index >= 15 is 0 Å². The highest BCUT2D eigenvalue weighted by Crippen LogP contribution is 2.26. The van der Waals surface area contributed by atoms with Crippen molar-refractivity contribution < 1.29 is 9.53 Å². The maximum atomic E-state index is 11.4. The third-order valence-corrected chi connectivity index (χ3v) is 3.10. The highest BCUT2D eigenvalue weighted by atomic mass is 32.1. The van der Waals surface area contributed by atoms with E-state index in [0.717, 1.165) is 15.6 Å². The average Bonchev–Trinajstić information content (AvgIpc) is 2.83. The Bertz CT molecular complexity index is 530. The van der Waals surface area contributed by atoms with E-state index in [9.17, 15) is 4.79 Å². The lowest BCUT2D eigenvalue weighted by Gasteiger charge is -1.93. The number of hydrogen-bond donors (Lipinski definition) is 0. The molecule has 5 nitrogen and oxygen atoms in total. The van der Waals surface area contributed by atoms with Gasteiger partial charge in [-0.25, -0.2) is 9.78 Å². The van der Waals surface area contributed by atoms with Crippen molar-refractivity contribution in [2.45, 2.75) is 6.92 Å². The molecule has 0 aromatic carbocycles. The van der Waals surface area contributed by atoms with Crippen molar-refractivity contribution in [2.24, 2.45) is 7.05 Å². The van der Waals surface area contributed by atoms with E-state index in [1.54, 1.807) is 4.68 Å². The maximum absolute atomic E-state index is 11.4. The first-order valence-electron chi connectivity index (χ1n) is 4.67. The number of methoxy groups -OCH3 is 1. The summed E-state index contributed by atoms with van der Waals surface area (Å²) in [4.78, 5) is 16.5. The van der Waals surface area contributed by atoms with Gasteiger partial charge in [-0.2, -0.15) is 5.10 Å². The summed E-state index contributed by atoms with van der Waals surface area (Å²) in [7, 11) is 3.19. The number of hydrogen-bond acceptors (Lipinski definition) is 5. The smallest absolute Gasteiger partial charge is 0.357 e. The zero-order valence-corrected chi connectivity index (χ0v) is 10.0. The zero-order valence-electron chi connectivity index (χ0n) is 9.22. The van der Waals surface area contributed by atoms with Gasteiger partial charge in [0, 0.05) is 18.1 Å². The SMILES string of the molecule is COC(=O)c1nc(-c2ccn(C)n2)sc1C. The van der Waals surface area contributed by atoms with Crippen LogP contribution < -0.4 is 0 Å². The quantitative estimate of drug-likeness (QED) is 0.745. The van der Waals surface area contributed by atoms with E-state index in [2.05, 4.69) is 14.8 Å². The Balaban J connectivity index is 2.41. The van der Waals surface area contributed by atoms with Gasteiger partial charge in [0.1, 0.15) is 10.7 Å². The summed E-state index contributed by atoms with van der Waals surface area (Å²) in [5.41, 5.74) is 1.14. The lowest BCUT2D eigenvalue weighted by Crippen LogP contribution is -2.03. The molecule has 0 bridgehead atoms. The van der Waals surface area contributed by atoms with E-state index in [1.807, 2.05) is 26.2 Å². The fourth-order valence-corrected chi connectivity index (χ4v) is 2.19. The molecule has 0 atom stereocenters. The molecule has 0 N–H and O–H groups in total. The number of esters is 1. The van der Waals surface area contributed by atoms with Crippen LogP contribution >= 0.6 is 11.3 Å². The molecule has 84 valence electrons. The second-order valence-corrected chi connectivity index (χ2v) is 4.49. The molecule has 0 aliphatic carbocycles. The first-order chi connectivity index (χ1) is 7.61. The summed E-state index contributed by atoms with van der Waals surface area (Å²) in [5, 5.41) is 4.97. The van der Waals surface area contributed by atoms with E-state index in [1.165, 1.54) is 18.4 Å². The molecule has 0 fully saturated rings. The van der Waals surface area contributed by atoms with Crippen molar-refractivity contribution in [2.75, 3.05) is 7.11 Å². The van der Waals surface area contributed by atoms with Crippen molar-refractivity contribution in [3.63, 3.8) is 0 Å². The van der Waals surface area contributed by atoms with E-state index in [4.69, 9.17) is 0 Å². The van der Waals surface area contributed by atoms with Gasteiger partial charge in [0.05, 0.1) is 7.11 Å². The van der Waals surface area contributed by atoms with Crippen molar-refractivity contribution in [3.8, 4) is 10.7 Å². The topological polar surface area (TPSA) is 57.0 Å². The van der Waals surface area contributed by atoms with Crippen LogP contribution in [-0.4, -0.2) is 27.8 Å². The monoisotopic (exact) mass is 237 g/mol. The number of aromatic nitrogens is 3. The van der Waals surface area contributed by atoms with Gasteiger partial charge in [0.25, 0.3) is 0 Å². The summed E-state index contributed by atoms with van der Waals surface area (Å²) in [6.45, 7) is 1.84. The summed E-state index contributed by atoms with van der Waals surface area (Å²) < 4.78 is 6.35. The van der Waals surface area contributed by atoms with E-state index in [-0.39, 0.29) is 0 Å². The standard InChI is InChI=1S/C10H11N3O2S/c1-6-8(10(14)15-3)11-9(16-6)7-4-5-13(2)12-7/h4-5H,1-3H3. The molecule has 2 heterocycles. The second-order valence-electron chi connectivity index (χ2n) is 3.29. The molecule has 2 aromatic heterocycles. The largest absolute Gasteiger partial charge is 0.464 e. The highest BCUT2D eigenvalue weighted by Gasteiger charge is 2.17. The van der Waals surface area contributed by atoms with Crippen LogP contribution in [0, 0.1) is 6.92 Å². The third-order valence-electron chi connectivity index (χ3n) is 2.11.